The molecule has 0 spiro atoms. The number of hydrogen-bond donors (Lipinski definition) is 1. The van der Waals surface area contributed by atoms with E-state index in [0.29, 0.717) is 6.10 Å². The number of fused-ring (bicyclic) bond motifs is 1. The van der Waals surface area contributed by atoms with Crippen LogP contribution in [0.4, 0.5) is 0 Å². The normalized spacial score (nSPS) is 19.1. The van der Waals surface area contributed by atoms with Crippen LogP contribution in [0.1, 0.15) is 29.7 Å². The van der Waals surface area contributed by atoms with Gasteiger partial charge in [0.2, 0.25) is 0 Å². The lowest BCUT2D eigenvalue weighted by atomic mass is 9.97. The average Bonchev–Trinajstić information content (AvgIpc) is 2.78. The Morgan fingerprint density at radius 1 is 1.11 bits per heavy atom. The van der Waals surface area contributed by atoms with Gasteiger partial charge in [0.15, 0.2) is 0 Å². The zero-order valence-corrected chi connectivity index (χ0v) is 10.6. The monoisotopic (exact) mass is 240 g/mol. The Morgan fingerprint density at radius 3 is 2.67 bits per heavy atom. The van der Waals surface area contributed by atoms with E-state index < -0.39 is 0 Å². The van der Waals surface area contributed by atoms with Crippen LogP contribution in [-0.2, 0) is 6.42 Å². The third kappa shape index (κ3) is 2.00. The summed E-state index contributed by atoms with van der Waals surface area (Å²) in [5, 5.41) is 0. The van der Waals surface area contributed by atoms with Crippen molar-refractivity contribution in [2.75, 3.05) is 0 Å². The smallest absolute Gasteiger partial charge is 0.136 e. The molecule has 3 N–H and O–H groups in total. The fourth-order valence-electron chi connectivity index (χ4n) is 2.54. The highest BCUT2D eigenvalue weighted by atomic mass is 16.5. The summed E-state index contributed by atoms with van der Waals surface area (Å²) in [6, 6.07) is 17.0. The van der Waals surface area contributed by atoms with Gasteiger partial charge < -0.3 is 10.5 Å². The molecule has 0 aromatic heterocycles. The molecule has 0 unspecified atom stereocenters. The summed E-state index contributed by atoms with van der Waals surface area (Å²) in [6.45, 7) is 2.11. The van der Waals surface area contributed by atoms with Crippen LogP contribution in [0.25, 0.3) is 0 Å². The highest BCUT2D eigenvalue weighted by Gasteiger charge is 2.21. The van der Waals surface area contributed by atoms with Crippen molar-refractivity contribution in [2.24, 2.45) is 0 Å². The number of hydrogen-bond acceptors (Lipinski definition) is 1. The van der Waals surface area contributed by atoms with Crippen molar-refractivity contribution in [1.29, 1.82) is 0 Å². The molecule has 0 aliphatic carbocycles. The van der Waals surface area contributed by atoms with E-state index in [4.69, 9.17) is 4.74 Å². The summed E-state index contributed by atoms with van der Waals surface area (Å²) in [7, 11) is 0. The van der Waals surface area contributed by atoms with Crippen molar-refractivity contribution in [3.63, 3.8) is 0 Å². The Morgan fingerprint density at radius 2 is 1.89 bits per heavy atom. The molecule has 0 amide bonds. The fourth-order valence-corrected chi connectivity index (χ4v) is 2.54. The minimum Gasteiger partial charge on any atom is -0.490 e. The van der Waals surface area contributed by atoms with E-state index >= 15 is 0 Å². The summed E-state index contributed by atoms with van der Waals surface area (Å²) in [6.07, 6.45) is 1.31. The molecule has 18 heavy (non-hydrogen) atoms. The van der Waals surface area contributed by atoms with Crippen molar-refractivity contribution in [1.82, 2.24) is 0 Å². The number of ether oxygens (including phenoxy) is 1. The third-order valence-electron chi connectivity index (χ3n) is 3.52. The van der Waals surface area contributed by atoms with E-state index in [1.165, 1.54) is 16.7 Å². The maximum Gasteiger partial charge on any atom is 0.136 e. The predicted molar refractivity (Wildman–Crippen MR) is 71.4 cm³/mol. The maximum absolute atomic E-state index is 5.73. The lowest BCUT2D eigenvalue weighted by Gasteiger charge is -2.10. The summed E-state index contributed by atoms with van der Waals surface area (Å²) in [4.78, 5) is 0. The lowest BCUT2D eigenvalue weighted by molar-refractivity contribution is -0.411. The van der Waals surface area contributed by atoms with Gasteiger partial charge in [-0.25, -0.2) is 0 Å². The first-order valence-corrected chi connectivity index (χ1v) is 6.41. The first kappa shape index (κ1) is 11.3. The molecule has 0 saturated carbocycles. The molecule has 2 nitrogen and oxygen atoms in total. The quantitative estimate of drug-likeness (QED) is 0.859. The van der Waals surface area contributed by atoms with E-state index in [2.05, 4.69) is 55.1 Å². The zero-order valence-electron chi connectivity index (χ0n) is 10.6. The van der Waals surface area contributed by atoms with Crippen molar-refractivity contribution in [2.45, 2.75) is 25.5 Å². The molecule has 2 aromatic carbocycles. The van der Waals surface area contributed by atoms with E-state index in [1.807, 2.05) is 6.07 Å². The Balaban J connectivity index is 1.92. The molecule has 0 bridgehead atoms. The van der Waals surface area contributed by atoms with Gasteiger partial charge in [-0.15, -0.1) is 0 Å². The van der Waals surface area contributed by atoms with Crippen molar-refractivity contribution in [3.8, 4) is 5.75 Å². The van der Waals surface area contributed by atoms with Crippen molar-refractivity contribution < 1.29 is 10.5 Å². The maximum atomic E-state index is 5.73. The Kier molecular flexibility index (Phi) is 2.80. The van der Waals surface area contributed by atoms with Crippen molar-refractivity contribution in [3.05, 3.63) is 65.2 Å². The minimum absolute atomic E-state index is 0.187. The number of rotatable bonds is 2. The van der Waals surface area contributed by atoms with Crippen LogP contribution in [-0.4, -0.2) is 6.10 Å². The summed E-state index contributed by atoms with van der Waals surface area (Å²) in [5.41, 5.74) is 8.11. The van der Waals surface area contributed by atoms with Crippen LogP contribution in [0.2, 0.25) is 0 Å². The second-order valence-corrected chi connectivity index (χ2v) is 4.96. The van der Waals surface area contributed by atoms with Gasteiger partial charge in [0, 0.05) is 17.5 Å². The summed E-state index contributed by atoms with van der Waals surface area (Å²) >= 11 is 0. The molecule has 92 valence electrons. The second kappa shape index (κ2) is 4.46. The minimum atomic E-state index is 0.187. The Hall–Kier alpha value is -1.80. The van der Waals surface area contributed by atoms with Crippen molar-refractivity contribution >= 4 is 0 Å². The van der Waals surface area contributed by atoms with Gasteiger partial charge in [-0.2, -0.15) is 0 Å². The number of benzene rings is 2. The van der Waals surface area contributed by atoms with Crippen LogP contribution < -0.4 is 10.5 Å². The molecule has 3 rings (SSSR count). The first-order valence-electron chi connectivity index (χ1n) is 6.41. The van der Waals surface area contributed by atoms with E-state index in [9.17, 15) is 0 Å². The number of quaternary nitrogens is 1. The van der Waals surface area contributed by atoms with E-state index in [1.54, 1.807) is 0 Å². The van der Waals surface area contributed by atoms with Gasteiger partial charge in [0.05, 0.1) is 0 Å². The predicted octanol–water partition coefficient (Wildman–Crippen LogP) is 2.34. The molecule has 1 heterocycles. The Bertz CT molecular complexity index is 550. The third-order valence-corrected chi connectivity index (χ3v) is 3.52. The molecule has 2 aromatic rings. The molecular formula is C16H18NO+. The van der Waals surface area contributed by atoms with Crippen LogP contribution >= 0.6 is 0 Å². The molecular weight excluding hydrogens is 222 g/mol. The van der Waals surface area contributed by atoms with Gasteiger partial charge in [-0.05, 0) is 30.7 Å². The molecule has 2 atom stereocenters. The van der Waals surface area contributed by atoms with Gasteiger partial charge >= 0.3 is 0 Å². The zero-order chi connectivity index (χ0) is 12.5. The van der Waals surface area contributed by atoms with Gasteiger partial charge in [-0.1, -0.05) is 30.3 Å². The van der Waals surface area contributed by atoms with Crippen LogP contribution in [0, 0.1) is 0 Å². The highest BCUT2D eigenvalue weighted by molar-refractivity contribution is 5.43. The van der Waals surface area contributed by atoms with Crippen LogP contribution in [0.15, 0.2) is 48.5 Å². The standard InChI is InChI=1S/C16H17NO/c1-11-9-14-10-13(7-8-15(14)18-11)16(17)12-5-3-2-4-6-12/h2-8,10-11,16H,9,17H2,1H3/p+1/t11-,16+/m0/s1. The second-order valence-electron chi connectivity index (χ2n) is 4.96. The summed E-state index contributed by atoms with van der Waals surface area (Å²) < 4.78 is 5.73. The molecule has 0 fully saturated rings. The SMILES string of the molecule is C[C@H]1Cc2cc([C@H]([NH3+])c3ccccc3)ccc2O1. The van der Waals surface area contributed by atoms with Crippen LogP contribution in [0.5, 0.6) is 5.75 Å². The van der Waals surface area contributed by atoms with E-state index in [-0.39, 0.29) is 6.04 Å². The Labute approximate surface area is 107 Å². The first-order chi connectivity index (χ1) is 8.74. The largest absolute Gasteiger partial charge is 0.490 e. The van der Waals surface area contributed by atoms with Gasteiger partial charge in [0.1, 0.15) is 17.9 Å². The molecule has 1 aliphatic heterocycles. The van der Waals surface area contributed by atoms with Gasteiger partial charge in [-0.3, -0.25) is 0 Å². The fraction of sp³-hybridized carbons (Fsp3) is 0.250. The average molecular weight is 240 g/mol. The lowest BCUT2D eigenvalue weighted by Crippen LogP contribution is -2.54. The molecule has 2 heteroatoms. The highest BCUT2D eigenvalue weighted by Crippen LogP contribution is 2.31. The molecule has 0 radical (unpaired) electrons. The topological polar surface area (TPSA) is 36.9 Å². The van der Waals surface area contributed by atoms with E-state index in [0.717, 1.165) is 12.2 Å². The summed E-state index contributed by atoms with van der Waals surface area (Å²) in [5.74, 6) is 1.03. The van der Waals surface area contributed by atoms with Gasteiger partial charge in [0.25, 0.3) is 0 Å². The van der Waals surface area contributed by atoms with Crippen LogP contribution in [0.3, 0.4) is 0 Å². The molecule has 1 aliphatic rings. The molecule has 0 saturated heterocycles.